The van der Waals surface area contributed by atoms with Gasteiger partial charge in [0.25, 0.3) is 5.91 Å². The SMILES string of the molecule is COCC(=O)N1CCN(Cc2ncc(C(=O)NCc3ccc(Cl)cc3Cl)s2)CC1. The monoisotopic (exact) mass is 456 g/mol. The van der Waals surface area contributed by atoms with Gasteiger partial charge in [0.05, 0.1) is 12.7 Å². The summed E-state index contributed by atoms with van der Waals surface area (Å²) in [4.78, 5) is 33.2. The van der Waals surface area contributed by atoms with Crippen LogP contribution in [0.15, 0.2) is 24.4 Å². The van der Waals surface area contributed by atoms with Gasteiger partial charge in [-0.05, 0) is 17.7 Å². The number of methoxy groups -OCH3 is 1. The Morgan fingerprint density at radius 3 is 2.69 bits per heavy atom. The van der Waals surface area contributed by atoms with E-state index in [1.165, 1.54) is 18.4 Å². The van der Waals surface area contributed by atoms with Crippen molar-refractivity contribution >= 4 is 46.4 Å². The lowest BCUT2D eigenvalue weighted by Crippen LogP contribution is -2.49. The molecule has 2 aromatic rings. The molecule has 1 aliphatic heterocycles. The number of piperazine rings is 1. The first-order valence-corrected chi connectivity index (χ1v) is 10.7. The van der Waals surface area contributed by atoms with Gasteiger partial charge in [0.15, 0.2) is 0 Å². The van der Waals surface area contributed by atoms with Crippen LogP contribution < -0.4 is 5.32 Å². The molecule has 0 radical (unpaired) electrons. The second-order valence-electron chi connectivity index (χ2n) is 6.63. The smallest absolute Gasteiger partial charge is 0.263 e. The molecule has 7 nitrogen and oxygen atoms in total. The topological polar surface area (TPSA) is 74.8 Å². The third-order valence-corrected chi connectivity index (χ3v) is 6.15. The van der Waals surface area contributed by atoms with Crippen LogP contribution in [-0.2, 0) is 22.6 Å². The molecule has 3 rings (SSSR count). The van der Waals surface area contributed by atoms with Crippen molar-refractivity contribution in [3.63, 3.8) is 0 Å². The minimum atomic E-state index is -0.185. The summed E-state index contributed by atoms with van der Waals surface area (Å²) < 4.78 is 4.90. The molecule has 0 aliphatic carbocycles. The van der Waals surface area contributed by atoms with Crippen molar-refractivity contribution in [3.8, 4) is 0 Å². The highest BCUT2D eigenvalue weighted by molar-refractivity contribution is 7.13. The molecular formula is C19H22Cl2N4O3S. The molecule has 1 aromatic carbocycles. The molecule has 29 heavy (non-hydrogen) atoms. The molecule has 0 atom stereocenters. The summed E-state index contributed by atoms with van der Waals surface area (Å²) in [6.45, 7) is 3.97. The zero-order chi connectivity index (χ0) is 20.8. The van der Waals surface area contributed by atoms with E-state index in [9.17, 15) is 9.59 Å². The molecule has 156 valence electrons. The molecule has 10 heteroatoms. The van der Waals surface area contributed by atoms with Crippen molar-refractivity contribution in [3.05, 3.63) is 49.9 Å². The van der Waals surface area contributed by atoms with Gasteiger partial charge in [0.2, 0.25) is 5.91 Å². The zero-order valence-electron chi connectivity index (χ0n) is 16.0. The first-order valence-electron chi connectivity index (χ1n) is 9.12. The van der Waals surface area contributed by atoms with Crippen LogP contribution in [0.25, 0.3) is 0 Å². The molecule has 1 aliphatic rings. The summed E-state index contributed by atoms with van der Waals surface area (Å²) in [5, 5.41) is 4.80. The lowest BCUT2D eigenvalue weighted by Gasteiger charge is -2.34. The molecular weight excluding hydrogens is 435 g/mol. The Hall–Kier alpha value is -1.71. The third-order valence-electron chi connectivity index (χ3n) is 4.58. The highest BCUT2D eigenvalue weighted by Gasteiger charge is 2.22. The average molecular weight is 457 g/mol. The number of rotatable bonds is 7. The van der Waals surface area contributed by atoms with Gasteiger partial charge in [-0.25, -0.2) is 4.98 Å². The summed E-state index contributed by atoms with van der Waals surface area (Å²) in [5.41, 5.74) is 0.801. The number of benzene rings is 1. The number of nitrogens with zero attached hydrogens (tertiary/aromatic N) is 3. The number of aromatic nitrogens is 1. The van der Waals surface area contributed by atoms with Crippen LogP contribution in [-0.4, -0.2) is 66.5 Å². The first kappa shape index (κ1) is 22.0. The predicted octanol–water partition coefficient (Wildman–Crippen LogP) is 2.67. The van der Waals surface area contributed by atoms with Gasteiger partial charge < -0.3 is 15.0 Å². The Morgan fingerprint density at radius 2 is 2.00 bits per heavy atom. The van der Waals surface area contributed by atoms with E-state index in [4.69, 9.17) is 27.9 Å². The van der Waals surface area contributed by atoms with Gasteiger partial charge in [-0.15, -0.1) is 11.3 Å². The van der Waals surface area contributed by atoms with E-state index in [2.05, 4.69) is 15.2 Å². The van der Waals surface area contributed by atoms with Crippen molar-refractivity contribution in [1.82, 2.24) is 20.1 Å². The lowest BCUT2D eigenvalue weighted by molar-refractivity contribution is -0.136. The summed E-state index contributed by atoms with van der Waals surface area (Å²) in [6, 6.07) is 5.18. The molecule has 0 spiro atoms. The Balaban J connectivity index is 1.48. The van der Waals surface area contributed by atoms with Gasteiger partial charge >= 0.3 is 0 Å². The largest absolute Gasteiger partial charge is 0.375 e. The minimum Gasteiger partial charge on any atom is -0.375 e. The van der Waals surface area contributed by atoms with E-state index in [1.807, 2.05) is 4.90 Å². The standard InChI is InChI=1S/C19H22Cl2N4O3S/c1-28-12-18(26)25-6-4-24(5-7-25)11-17-22-10-16(29-17)19(27)23-9-13-2-3-14(20)8-15(13)21/h2-3,8,10H,4-7,9,11-12H2,1H3,(H,23,27). The van der Waals surface area contributed by atoms with Crippen molar-refractivity contribution in [2.45, 2.75) is 13.1 Å². The number of hydrogen-bond donors (Lipinski definition) is 1. The van der Waals surface area contributed by atoms with Crippen LogP contribution >= 0.6 is 34.5 Å². The fraction of sp³-hybridized carbons (Fsp3) is 0.421. The van der Waals surface area contributed by atoms with Gasteiger partial charge in [-0.1, -0.05) is 29.3 Å². The normalized spacial score (nSPS) is 14.8. The van der Waals surface area contributed by atoms with Crippen molar-refractivity contribution in [2.24, 2.45) is 0 Å². The average Bonchev–Trinajstić information content (AvgIpc) is 3.16. The highest BCUT2D eigenvalue weighted by atomic mass is 35.5. The van der Waals surface area contributed by atoms with Crippen LogP contribution in [0.1, 0.15) is 20.2 Å². The second kappa shape index (κ2) is 10.4. The summed E-state index contributed by atoms with van der Waals surface area (Å²) in [5.74, 6) is -0.170. The number of carbonyl (C=O) groups excluding carboxylic acids is 2. The quantitative estimate of drug-likeness (QED) is 0.692. The molecule has 0 saturated carbocycles. The Labute approximate surface area is 183 Å². The fourth-order valence-corrected chi connectivity index (χ4v) is 4.33. The van der Waals surface area contributed by atoms with Gasteiger partial charge in [0.1, 0.15) is 16.5 Å². The number of halogens is 2. The van der Waals surface area contributed by atoms with Crippen molar-refractivity contribution in [2.75, 3.05) is 39.9 Å². The number of nitrogens with one attached hydrogen (secondary N) is 1. The molecule has 1 saturated heterocycles. The Morgan fingerprint density at radius 1 is 1.24 bits per heavy atom. The van der Waals surface area contributed by atoms with Crippen LogP contribution in [0.2, 0.25) is 10.0 Å². The summed E-state index contributed by atoms with van der Waals surface area (Å²) in [6.07, 6.45) is 1.59. The van der Waals surface area contributed by atoms with Gasteiger partial charge in [0, 0.05) is 49.9 Å². The van der Waals surface area contributed by atoms with Gasteiger partial charge in [-0.3, -0.25) is 14.5 Å². The first-order chi connectivity index (χ1) is 14.0. The number of ether oxygens (including phenoxy) is 1. The molecule has 1 fully saturated rings. The molecule has 1 N–H and O–H groups in total. The van der Waals surface area contributed by atoms with E-state index in [1.54, 1.807) is 24.4 Å². The van der Waals surface area contributed by atoms with Crippen LogP contribution in [0.3, 0.4) is 0 Å². The Bertz CT molecular complexity index is 869. The maximum Gasteiger partial charge on any atom is 0.263 e. The van der Waals surface area contributed by atoms with Crippen LogP contribution in [0.4, 0.5) is 0 Å². The molecule has 2 amide bonds. The maximum absolute atomic E-state index is 12.4. The molecule has 0 bridgehead atoms. The van der Waals surface area contributed by atoms with E-state index in [-0.39, 0.29) is 18.4 Å². The van der Waals surface area contributed by atoms with Crippen LogP contribution in [0, 0.1) is 0 Å². The number of amides is 2. The van der Waals surface area contributed by atoms with Crippen molar-refractivity contribution in [1.29, 1.82) is 0 Å². The number of thiazole rings is 1. The lowest BCUT2D eigenvalue weighted by atomic mass is 10.2. The minimum absolute atomic E-state index is 0.0150. The molecule has 1 aromatic heterocycles. The fourth-order valence-electron chi connectivity index (χ4n) is 2.98. The molecule has 2 heterocycles. The van der Waals surface area contributed by atoms with E-state index in [0.29, 0.717) is 41.1 Å². The summed E-state index contributed by atoms with van der Waals surface area (Å²) >= 11 is 13.4. The zero-order valence-corrected chi connectivity index (χ0v) is 18.3. The molecule has 0 unspecified atom stereocenters. The third kappa shape index (κ3) is 6.13. The predicted molar refractivity (Wildman–Crippen MR) is 113 cm³/mol. The van der Waals surface area contributed by atoms with Crippen molar-refractivity contribution < 1.29 is 14.3 Å². The van der Waals surface area contributed by atoms with Gasteiger partial charge in [-0.2, -0.15) is 0 Å². The summed E-state index contributed by atoms with van der Waals surface area (Å²) in [7, 11) is 1.52. The van der Waals surface area contributed by atoms with E-state index in [0.717, 1.165) is 23.7 Å². The number of carbonyl (C=O) groups is 2. The van der Waals surface area contributed by atoms with E-state index < -0.39 is 0 Å². The highest BCUT2D eigenvalue weighted by Crippen LogP contribution is 2.21. The maximum atomic E-state index is 12.4. The van der Waals surface area contributed by atoms with E-state index >= 15 is 0 Å². The van der Waals surface area contributed by atoms with Crippen LogP contribution in [0.5, 0.6) is 0 Å². The Kier molecular flexibility index (Phi) is 7.85. The second-order valence-corrected chi connectivity index (χ2v) is 8.59. The number of hydrogen-bond acceptors (Lipinski definition) is 6.